The Morgan fingerprint density at radius 3 is 2.61 bits per heavy atom. The highest BCUT2D eigenvalue weighted by molar-refractivity contribution is 7.83. The van der Waals surface area contributed by atoms with E-state index in [2.05, 4.69) is 5.32 Å². The molecule has 0 fully saturated rings. The molecule has 1 amide bonds. The van der Waals surface area contributed by atoms with Gasteiger partial charge in [-0.1, -0.05) is 24.3 Å². The van der Waals surface area contributed by atoms with Crippen LogP contribution in [0.2, 0.25) is 0 Å². The topological polar surface area (TPSA) is 55.4 Å². The Morgan fingerprint density at radius 1 is 1.17 bits per heavy atom. The lowest BCUT2D eigenvalue weighted by Gasteiger charge is -2.14. The van der Waals surface area contributed by atoms with Gasteiger partial charge in [-0.2, -0.15) is 0 Å². The quantitative estimate of drug-likeness (QED) is 0.881. The molecule has 2 aromatic carbocycles. The number of para-hydroxylation sites is 1. The molecule has 0 heterocycles. The number of amides is 1. The van der Waals surface area contributed by atoms with E-state index in [-0.39, 0.29) is 5.91 Å². The molecule has 0 saturated carbocycles. The van der Waals surface area contributed by atoms with Gasteiger partial charge in [0.25, 0.3) is 5.91 Å². The number of carbonyl (C=O) groups is 1. The maximum Gasteiger partial charge on any atom is 0.259 e. The summed E-state index contributed by atoms with van der Waals surface area (Å²) in [7, 11) is -0.923. The molecule has 0 aliphatic rings. The van der Waals surface area contributed by atoms with Gasteiger partial charge in [0, 0.05) is 28.5 Å². The van der Waals surface area contributed by atoms with E-state index >= 15 is 0 Å². The lowest BCUT2D eigenvalue weighted by Crippen LogP contribution is -2.15. The Labute approximate surface area is 139 Å². The second-order valence-electron chi connectivity index (χ2n) is 5.19. The minimum absolute atomic E-state index is 0.216. The molecule has 1 atom stereocenters. The Hall–Kier alpha value is -2.14. The van der Waals surface area contributed by atoms with Gasteiger partial charge in [0.05, 0.1) is 12.2 Å². The lowest BCUT2D eigenvalue weighted by molar-refractivity contribution is 0.102. The second-order valence-corrected chi connectivity index (χ2v) is 6.63. The van der Waals surface area contributed by atoms with Crippen molar-refractivity contribution in [2.24, 2.45) is 0 Å². The summed E-state index contributed by atoms with van der Waals surface area (Å²) in [5, 5.41) is 2.92. The molecule has 2 aromatic rings. The van der Waals surface area contributed by atoms with Gasteiger partial charge in [-0.25, -0.2) is 0 Å². The predicted molar refractivity (Wildman–Crippen MR) is 94.5 cm³/mol. The van der Waals surface area contributed by atoms with Crippen molar-refractivity contribution in [3.05, 3.63) is 59.2 Å². The summed E-state index contributed by atoms with van der Waals surface area (Å²) in [6, 6.07) is 12.8. The fourth-order valence-corrected chi connectivity index (χ4v) is 3.07. The molecule has 0 bridgehead atoms. The van der Waals surface area contributed by atoms with Crippen LogP contribution in [0.15, 0.2) is 42.5 Å². The molecular weight excluding hydrogens is 310 g/mol. The summed E-state index contributed by atoms with van der Waals surface area (Å²) >= 11 is 0. The smallest absolute Gasteiger partial charge is 0.259 e. The average molecular weight is 331 g/mol. The largest absolute Gasteiger partial charge is 0.493 e. The molecule has 0 saturated heterocycles. The van der Waals surface area contributed by atoms with Gasteiger partial charge in [-0.3, -0.25) is 9.00 Å². The number of ether oxygens (including phenoxy) is 1. The van der Waals surface area contributed by atoms with Crippen LogP contribution in [0.1, 0.15) is 28.4 Å². The second kappa shape index (κ2) is 7.92. The highest BCUT2D eigenvalue weighted by atomic mass is 32.2. The van der Waals surface area contributed by atoms with E-state index in [0.29, 0.717) is 23.7 Å². The Morgan fingerprint density at radius 2 is 1.91 bits per heavy atom. The summed E-state index contributed by atoms with van der Waals surface area (Å²) in [5.41, 5.74) is 3.13. The molecule has 0 spiro atoms. The molecule has 0 radical (unpaired) electrons. The van der Waals surface area contributed by atoms with Crippen LogP contribution in [0, 0.1) is 6.92 Å². The van der Waals surface area contributed by atoms with Crippen LogP contribution in [0.25, 0.3) is 0 Å². The maximum absolute atomic E-state index is 12.5. The molecule has 2 rings (SSSR count). The molecule has 23 heavy (non-hydrogen) atoms. The first-order valence-electron chi connectivity index (χ1n) is 7.44. The third-order valence-electron chi connectivity index (χ3n) is 3.48. The summed E-state index contributed by atoms with van der Waals surface area (Å²) in [5.74, 6) is 0.827. The number of carbonyl (C=O) groups excluding carboxylic acids is 1. The van der Waals surface area contributed by atoms with Gasteiger partial charge in [-0.05, 0) is 43.2 Å². The molecule has 1 N–H and O–H groups in total. The molecule has 4 nitrogen and oxygen atoms in total. The normalized spacial score (nSPS) is 11.8. The summed E-state index contributed by atoms with van der Waals surface area (Å²) in [6.45, 7) is 4.31. The number of anilines is 1. The first-order valence-corrected chi connectivity index (χ1v) is 9.17. The van der Waals surface area contributed by atoms with E-state index in [0.717, 1.165) is 16.8 Å². The van der Waals surface area contributed by atoms with Gasteiger partial charge in [0.1, 0.15) is 5.75 Å². The van der Waals surface area contributed by atoms with Crippen LogP contribution >= 0.6 is 0 Å². The van der Waals surface area contributed by atoms with Crippen LogP contribution in [-0.2, 0) is 16.6 Å². The predicted octanol–water partition coefficient (Wildman–Crippen LogP) is 3.52. The zero-order chi connectivity index (χ0) is 16.8. The van der Waals surface area contributed by atoms with E-state index in [1.165, 1.54) is 0 Å². The zero-order valence-electron chi connectivity index (χ0n) is 13.6. The summed E-state index contributed by atoms with van der Waals surface area (Å²) < 4.78 is 16.9. The van der Waals surface area contributed by atoms with Crippen molar-refractivity contribution >= 4 is 22.4 Å². The molecule has 0 aliphatic heterocycles. The Kier molecular flexibility index (Phi) is 5.93. The van der Waals surface area contributed by atoms with Gasteiger partial charge in [0.15, 0.2) is 0 Å². The fourth-order valence-electron chi connectivity index (χ4n) is 2.32. The average Bonchev–Trinajstić information content (AvgIpc) is 2.51. The van der Waals surface area contributed by atoms with E-state index in [9.17, 15) is 9.00 Å². The summed E-state index contributed by atoms with van der Waals surface area (Å²) in [4.78, 5) is 12.5. The van der Waals surface area contributed by atoms with Crippen molar-refractivity contribution < 1.29 is 13.7 Å². The van der Waals surface area contributed by atoms with Crippen molar-refractivity contribution in [3.63, 3.8) is 0 Å². The van der Waals surface area contributed by atoms with Crippen molar-refractivity contribution in [3.8, 4) is 5.75 Å². The minimum atomic E-state index is -0.923. The van der Waals surface area contributed by atoms with Crippen molar-refractivity contribution in [2.45, 2.75) is 19.6 Å². The number of rotatable bonds is 6. The van der Waals surface area contributed by atoms with E-state index in [1.54, 1.807) is 24.5 Å². The van der Waals surface area contributed by atoms with Crippen LogP contribution in [0.3, 0.4) is 0 Å². The van der Waals surface area contributed by atoms with Crippen LogP contribution < -0.4 is 10.1 Å². The third-order valence-corrected chi connectivity index (χ3v) is 4.20. The molecule has 0 aliphatic carbocycles. The number of hydrogen-bond acceptors (Lipinski definition) is 3. The maximum atomic E-state index is 12.5. The number of benzene rings is 2. The van der Waals surface area contributed by atoms with Gasteiger partial charge in [0.2, 0.25) is 0 Å². The van der Waals surface area contributed by atoms with Crippen molar-refractivity contribution in [1.29, 1.82) is 0 Å². The molecule has 0 unspecified atom stereocenters. The van der Waals surface area contributed by atoms with Crippen molar-refractivity contribution in [2.75, 3.05) is 18.2 Å². The monoisotopic (exact) mass is 331 g/mol. The van der Waals surface area contributed by atoms with Crippen LogP contribution in [-0.4, -0.2) is 23.0 Å². The Balaban J connectivity index is 2.26. The molecule has 122 valence electrons. The third kappa shape index (κ3) is 4.42. The zero-order valence-corrected chi connectivity index (χ0v) is 14.4. The van der Waals surface area contributed by atoms with Crippen molar-refractivity contribution in [1.82, 2.24) is 0 Å². The van der Waals surface area contributed by atoms with Gasteiger partial charge >= 0.3 is 0 Å². The number of nitrogens with one attached hydrogen (secondary N) is 1. The van der Waals surface area contributed by atoms with E-state index in [4.69, 9.17) is 4.74 Å². The Bertz CT molecular complexity index is 728. The van der Waals surface area contributed by atoms with Gasteiger partial charge < -0.3 is 10.1 Å². The van der Waals surface area contributed by atoms with E-state index in [1.807, 2.05) is 38.1 Å². The minimum Gasteiger partial charge on any atom is -0.493 e. The first kappa shape index (κ1) is 17.2. The lowest BCUT2D eigenvalue weighted by atomic mass is 10.1. The molecular formula is C18H21NO3S. The fraction of sp³-hybridized carbons (Fsp3) is 0.278. The summed E-state index contributed by atoms with van der Waals surface area (Å²) in [6.07, 6.45) is 1.67. The van der Waals surface area contributed by atoms with E-state index < -0.39 is 10.8 Å². The number of hydrogen-bond donors (Lipinski definition) is 1. The molecule has 5 heteroatoms. The first-order chi connectivity index (χ1) is 11.0. The standard InChI is InChI=1S/C18H21NO3S/c1-4-22-17-11-6-5-9-15(17)18(20)19-16-10-7-8-14(13(16)2)12-23(3)21/h5-11H,4,12H2,1-3H3,(H,19,20)/t23-/m0/s1. The molecule has 0 aromatic heterocycles. The van der Waals surface area contributed by atoms with Crippen LogP contribution in [0.5, 0.6) is 5.75 Å². The highest BCUT2D eigenvalue weighted by Gasteiger charge is 2.14. The van der Waals surface area contributed by atoms with Crippen LogP contribution in [0.4, 0.5) is 5.69 Å². The SMILES string of the molecule is CCOc1ccccc1C(=O)Nc1cccc(C[S@](C)=O)c1C. The van der Waals surface area contributed by atoms with Gasteiger partial charge in [-0.15, -0.1) is 0 Å². The highest BCUT2D eigenvalue weighted by Crippen LogP contribution is 2.23.